The molecule has 0 saturated carbocycles. The molecule has 0 fully saturated rings. The Labute approximate surface area is 89.7 Å². The molecule has 15 heavy (non-hydrogen) atoms. The standard InChI is InChI=1S/C13H14N2/c1-4-6-11-10(3)14-13-9(2)7-5-8-12(13)15-11/h4-8H,1-3H3/b6-4+. The molecular weight excluding hydrogens is 184 g/mol. The lowest BCUT2D eigenvalue weighted by Crippen LogP contribution is -1.94. The van der Waals surface area contributed by atoms with Gasteiger partial charge in [0, 0.05) is 0 Å². The zero-order valence-electron chi connectivity index (χ0n) is 9.28. The fraction of sp³-hybridized carbons (Fsp3) is 0.231. The third-order valence-electron chi connectivity index (χ3n) is 2.43. The van der Waals surface area contributed by atoms with E-state index < -0.39 is 0 Å². The predicted molar refractivity (Wildman–Crippen MR) is 63.7 cm³/mol. The molecule has 2 aromatic rings. The van der Waals surface area contributed by atoms with E-state index in [0.29, 0.717) is 0 Å². The van der Waals surface area contributed by atoms with E-state index in [9.17, 15) is 0 Å². The normalized spacial score (nSPS) is 11.4. The van der Waals surface area contributed by atoms with Crippen molar-refractivity contribution in [3.8, 4) is 0 Å². The summed E-state index contributed by atoms with van der Waals surface area (Å²) in [6.07, 6.45) is 3.97. The summed E-state index contributed by atoms with van der Waals surface area (Å²) in [5.74, 6) is 0. The summed E-state index contributed by atoms with van der Waals surface area (Å²) < 4.78 is 0. The molecule has 0 unspecified atom stereocenters. The van der Waals surface area contributed by atoms with Gasteiger partial charge in [0.15, 0.2) is 0 Å². The summed E-state index contributed by atoms with van der Waals surface area (Å²) in [5.41, 5.74) is 5.08. The van der Waals surface area contributed by atoms with E-state index in [2.05, 4.69) is 23.0 Å². The molecule has 0 aliphatic rings. The quantitative estimate of drug-likeness (QED) is 0.702. The molecule has 2 rings (SSSR count). The van der Waals surface area contributed by atoms with Crippen LogP contribution < -0.4 is 0 Å². The first-order valence-electron chi connectivity index (χ1n) is 5.09. The fourth-order valence-corrected chi connectivity index (χ4v) is 1.63. The second-order valence-corrected chi connectivity index (χ2v) is 3.64. The number of hydrogen-bond acceptors (Lipinski definition) is 2. The average molecular weight is 198 g/mol. The van der Waals surface area contributed by atoms with E-state index in [-0.39, 0.29) is 0 Å². The van der Waals surface area contributed by atoms with Crippen molar-refractivity contribution in [3.63, 3.8) is 0 Å². The number of rotatable bonds is 1. The van der Waals surface area contributed by atoms with E-state index in [0.717, 1.165) is 22.4 Å². The molecule has 0 saturated heterocycles. The molecule has 1 aromatic heterocycles. The predicted octanol–water partition coefficient (Wildman–Crippen LogP) is 3.28. The highest BCUT2D eigenvalue weighted by atomic mass is 14.8. The number of aryl methyl sites for hydroxylation is 2. The second-order valence-electron chi connectivity index (χ2n) is 3.64. The van der Waals surface area contributed by atoms with Gasteiger partial charge in [0.25, 0.3) is 0 Å². The number of benzene rings is 1. The number of fused-ring (bicyclic) bond motifs is 1. The molecule has 2 heteroatoms. The molecule has 0 amide bonds. The monoisotopic (exact) mass is 198 g/mol. The van der Waals surface area contributed by atoms with Crippen molar-refractivity contribution in [1.29, 1.82) is 0 Å². The van der Waals surface area contributed by atoms with Gasteiger partial charge in [-0.15, -0.1) is 0 Å². The van der Waals surface area contributed by atoms with E-state index >= 15 is 0 Å². The van der Waals surface area contributed by atoms with Gasteiger partial charge in [-0.2, -0.15) is 0 Å². The van der Waals surface area contributed by atoms with Gasteiger partial charge in [0.2, 0.25) is 0 Å². The molecule has 0 atom stereocenters. The Bertz CT molecular complexity index is 527. The Balaban J connectivity index is 2.76. The molecule has 0 N–H and O–H groups in total. The lowest BCUT2D eigenvalue weighted by molar-refractivity contribution is 1.15. The SMILES string of the molecule is C/C=C/c1nc2cccc(C)c2nc1C. The summed E-state index contributed by atoms with van der Waals surface area (Å²) in [5, 5.41) is 0. The maximum absolute atomic E-state index is 4.58. The highest BCUT2D eigenvalue weighted by Gasteiger charge is 2.03. The van der Waals surface area contributed by atoms with Gasteiger partial charge in [0.05, 0.1) is 22.4 Å². The van der Waals surface area contributed by atoms with Crippen molar-refractivity contribution in [1.82, 2.24) is 9.97 Å². The Morgan fingerprint density at radius 3 is 2.67 bits per heavy atom. The minimum absolute atomic E-state index is 0.954. The molecule has 0 aliphatic heterocycles. The Morgan fingerprint density at radius 1 is 1.13 bits per heavy atom. The molecule has 0 spiro atoms. The number of allylic oxidation sites excluding steroid dienone is 1. The van der Waals surface area contributed by atoms with Gasteiger partial charge in [0.1, 0.15) is 0 Å². The van der Waals surface area contributed by atoms with Crippen molar-refractivity contribution in [3.05, 3.63) is 41.2 Å². The van der Waals surface area contributed by atoms with Gasteiger partial charge in [-0.05, 0) is 38.5 Å². The first-order valence-corrected chi connectivity index (χ1v) is 5.09. The second kappa shape index (κ2) is 3.81. The number of aromatic nitrogens is 2. The molecule has 0 bridgehead atoms. The molecule has 1 aromatic carbocycles. The average Bonchev–Trinajstić information content (AvgIpc) is 2.21. The zero-order valence-corrected chi connectivity index (χ0v) is 9.28. The van der Waals surface area contributed by atoms with Crippen molar-refractivity contribution < 1.29 is 0 Å². The first-order chi connectivity index (χ1) is 7.22. The Morgan fingerprint density at radius 2 is 1.93 bits per heavy atom. The number of para-hydroxylation sites is 1. The summed E-state index contributed by atoms with van der Waals surface area (Å²) in [7, 11) is 0. The van der Waals surface area contributed by atoms with Gasteiger partial charge in [-0.25, -0.2) is 9.97 Å². The van der Waals surface area contributed by atoms with Crippen LogP contribution in [0.5, 0.6) is 0 Å². The van der Waals surface area contributed by atoms with Crippen LogP contribution in [-0.2, 0) is 0 Å². The maximum Gasteiger partial charge on any atom is 0.0919 e. The van der Waals surface area contributed by atoms with Crippen LogP contribution in [0.25, 0.3) is 17.1 Å². The van der Waals surface area contributed by atoms with Crippen molar-refractivity contribution in [2.24, 2.45) is 0 Å². The molecule has 0 radical (unpaired) electrons. The maximum atomic E-state index is 4.58. The lowest BCUT2D eigenvalue weighted by Gasteiger charge is -2.04. The largest absolute Gasteiger partial charge is 0.249 e. The van der Waals surface area contributed by atoms with Crippen LogP contribution in [-0.4, -0.2) is 9.97 Å². The van der Waals surface area contributed by atoms with E-state index in [1.54, 1.807) is 0 Å². The third kappa shape index (κ3) is 1.75. The van der Waals surface area contributed by atoms with Crippen LogP contribution >= 0.6 is 0 Å². The summed E-state index contributed by atoms with van der Waals surface area (Å²) in [4.78, 5) is 9.16. The van der Waals surface area contributed by atoms with Gasteiger partial charge >= 0.3 is 0 Å². The van der Waals surface area contributed by atoms with Crippen LogP contribution in [0.15, 0.2) is 24.3 Å². The van der Waals surface area contributed by atoms with E-state index in [4.69, 9.17) is 0 Å². The van der Waals surface area contributed by atoms with Gasteiger partial charge < -0.3 is 0 Å². The smallest absolute Gasteiger partial charge is 0.0919 e. The van der Waals surface area contributed by atoms with Crippen molar-refractivity contribution in [2.75, 3.05) is 0 Å². The molecular formula is C13H14N2. The topological polar surface area (TPSA) is 25.8 Å². The Hall–Kier alpha value is -1.70. The van der Waals surface area contributed by atoms with Crippen LogP contribution in [0.4, 0.5) is 0 Å². The minimum atomic E-state index is 0.954. The minimum Gasteiger partial charge on any atom is -0.249 e. The van der Waals surface area contributed by atoms with Crippen LogP contribution in [0.2, 0.25) is 0 Å². The van der Waals surface area contributed by atoms with Crippen LogP contribution in [0.1, 0.15) is 23.9 Å². The highest BCUT2D eigenvalue weighted by molar-refractivity contribution is 5.79. The summed E-state index contributed by atoms with van der Waals surface area (Å²) in [6.45, 7) is 6.04. The number of nitrogens with zero attached hydrogens (tertiary/aromatic N) is 2. The first kappa shape index (κ1) is 9.84. The van der Waals surface area contributed by atoms with E-state index in [1.807, 2.05) is 38.1 Å². The zero-order chi connectivity index (χ0) is 10.8. The van der Waals surface area contributed by atoms with Crippen LogP contribution in [0, 0.1) is 13.8 Å². The van der Waals surface area contributed by atoms with Gasteiger partial charge in [-0.1, -0.05) is 18.2 Å². The fourth-order valence-electron chi connectivity index (χ4n) is 1.63. The molecule has 1 heterocycles. The van der Waals surface area contributed by atoms with E-state index in [1.165, 1.54) is 5.56 Å². The summed E-state index contributed by atoms with van der Waals surface area (Å²) in [6, 6.07) is 6.08. The molecule has 2 nitrogen and oxygen atoms in total. The highest BCUT2D eigenvalue weighted by Crippen LogP contribution is 2.16. The summed E-state index contributed by atoms with van der Waals surface area (Å²) >= 11 is 0. The third-order valence-corrected chi connectivity index (χ3v) is 2.43. The molecule has 76 valence electrons. The Kier molecular flexibility index (Phi) is 2.50. The van der Waals surface area contributed by atoms with Crippen molar-refractivity contribution in [2.45, 2.75) is 20.8 Å². The van der Waals surface area contributed by atoms with Crippen LogP contribution in [0.3, 0.4) is 0 Å². The molecule has 0 aliphatic carbocycles. The number of hydrogen-bond donors (Lipinski definition) is 0. The lowest BCUT2D eigenvalue weighted by atomic mass is 10.2. The van der Waals surface area contributed by atoms with Gasteiger partial charge in [-0.3, -0.25) is 0 Å². The van der Waals surface area contributed by atoms with Crippen molar-refractivity contribution >= 4 is 17.1 Å².